The molecule has 350 valence electrons. The van der Waals surface area contributed by atoms with Crippen molar-refractivity contribution in [2.45, 2.75) is 37.8 Å². The van der Waals surface area contributed by atoms with Crippen molar-refractivity contribution in [3.8, 4) is 33.4 Å². The molecule has 0 radical (unpaired) electrons. The third kappa shape index (κ3) is 6.78. The number of nitrogens with zero attached hydrogens (tertiary/aromatic N) is 2. The monoisotopic (exact) mass is 944 g/mol. The first-order valence-electron chi connectivity index (χ1n) is 25.0. The fourth-order valence-corrected chi connectivity index (χ4v) is 12.0. The second-order valence-electron chi connectivity index (χ2n) is 20.0. The molecule has 14 rings (SSSR count). The zero-order valence-electron chi connectivity index (χ0n) is 40.3. The van der Waals surface area contributed by atoms with Crippen molar-refractivity contribution in [2.75, 3.05) is 9.80 Å². The Labute approximate surface area is 422 Å². The molecule has 2 aliphatic rings. The van der Waals surface area contributed by atoms with E-state index in [1.807, 2.05) is 97.1 Å². The predicted molar refractivity (Wildman–Crippen MR) is 296 cm³/mol. The van der Waals surface area contributed by atoms with Gasteiger partial charge in [-0.2, -0.15) is 0 Å². The summed E-state index contributed by atoms with van der Waals surface area (Å²) in [7, 11) is 0. The Balaban J connectivity index is 0.876. The van der Waals surface area contributed by atoms with Crippen molar-refractivity contribution >= 4 is 67.0 Å². The van der Waals surface area contributed by atoms with Gasteiger partial charge in [0.2, 0.25) is 0 Å². The molecule has 12 aromatic rings. The lowest BCUT2D eigenvalue weighted by Gasteiger charge is -2.40. The maximum Gasteiger partial charge on any atom is 0.336 e. The van der Waals surface area contributed by atoms with Crippen LogP contribution in [-0.4, -0.2) is 11.1 Å². The van der Waals surface area contributed by atoms with Gasteiger partial charge in [-0.3, -0.25) is 9.80 Å². The first-order chi connectivity index (χ1) is 35.8. The average Bonchev–Trinajstić information content (AvgIpc) is 4.08. The number of aliphatic hydroxyl groups is 1. The number of anilines is 3. The van der Waals surface area contributed by atoms with E-state index in [0.29, 0.717) is 28.2 Å². The number of aliphatic hydroxyl groups excluding tert-OH is 1. The molecule has 0 bridgehead atoms. The van der Waals surface area contributed by atoms with Crippen LogP contribution in [0, 0.1) is 0 Å². The highest BCUT2D eigenvalue weighted by Gasteiger charge is 2.39. The van der Waals surface area contributed by atoms with Gasteiger partial charge in [0.25, 0.3) is 0 Å². The minimum atomic E-state index is -1.22. The molecule has 10 aromatic carbocycles. The van der Waals surface area contributed by atoms with Gasteiger partial charge in [-0.25, -0.2) is 4.79 Å². The van der Waals surface area contributed by atoms with Crippen molar-refractivity contribution < 1.29 is 18.7 Å². The molecule has 2 amide bonds. The molecule has 6 heteroatoms. The van der Waals surface area contributed by atoms with Crippen LogP contribution >= 0.6 is 0 Å². The number of furan rings is 2. The van der Waals surface area contributed by atoms with Gasteiger partial charge in [0.15, 0.2) is 6.23 Å². The van der Waals surface area contributed by atoms with E-state index in [1.165, 1.54) is 38.3 Å². The Hall–Kier alpha value is -8.97. The fraction of sp³-hybridized carbons (Fsp3) is 0.0896. The zero-order valence-corrected chi connectivity index (χ0v) is 40.3. The minimum absolute atomic E-state index is 0.0419. The van der Waals surface area contributed by atoms with Crippen LogP contribution in [0.3, 0.4) is 0 Å². The van der Waals surface area contributed by atoms with Crippen molar-refractivity contribution in [1.82, 2.24) is 0 Å². The van der Waals surface area contributed by atoms with E-state index in [9.17, 15) is 9.90 Å². The number of carbonyl (C=O) groups excluding carboxylic acids is 1. The highest BCUT2D eigenvalue weighted by molar-refractivity contribution is 6.14. The summed E-state index contributed by atoms with van der Waals surface area (Å²) in [6.07, 6.45) is -0.460. The van der Waals surface area contributed by atoms with Crippen molar-refractivity contribution in [2.24, 2.45) is 0 Å². The maximum atomic E-state index is 14.9. The van der Waals surface area contributed by atoms with E-state index in [2.05, 4.69) is 141 Å². The van der Waals surface area contributed by atoms with Gasteiger partial charge in [-0.05, 0) is 117 Å². The molecule has 2 unspecified atom stereocenters. The second kappa shape index (κ2) is 16.6. The molecular formula is C67H48N2O4. The molecule has 0 saturated heterocycles. The molecule has 0 fully saturated rings. The summed E-state index contributed by atoms with van der Waals surface area (Å²) in [5, 5.41) is 16.1. The number of hydrogen-bond acceptors (Lipinski definition) is 4. The molecule has 0 spiro atoms. The minimum Gasteiger partial charge on any atom is -0.456 e. The van der Waals surface area contributed by atoms with Crippen LogP contribution in [0.2, 0.25) is 0 Å². The first kappa shape index (κ1) is 42.9. The predicted octanol–water partition coefficient (Wildman–Crippen LogP) is 17.3. The zero-order chi connectivity index (χ0) is 49.0. The first-order valence-corrected chi connectivity index (χ1v) is 25.0. The summed E-state index contributed by atoms with van der Waals surface area (Å²) in [4.78, 5) is 18.1. The Bertz CT molecular complexity index is 4150. The van der Waals surface area contributed by atoms with Crippen LogP contribution < -0.4 is 9.80 Å². The largest absolute Gasteiger partial charge is 0.456 e. The Morgan fingerprint density at radius 3 is 1.97 bits per heavy atom. The molecule has 0 saturated carbocycles. The fourth-order valence-electron chi connectivity index (χ4n) is 12.0. The van der Waals surface area contributed by atoms with Crippen molar-refractivity contribution in [1.29, 1.82) is 0 Å². The summed E-state index contributed by atoms with van der Waals surface area (Å²) in [5.74, 6) is -0.0419. The Morgan fingerprint density at radius 2 is 1.12 bits per heavy atom. The van der Waals surface area contributed by atoms with Gasteiger partial charge in [0, 0.05) is 49.7 Å². The molecule has 1 aliphatic carbocycles. The van der Waals surface area contributed by atoms with Crippen LogP contribution in [0.25, 0.3) is 77.3 Å². The summed E-state index contributed by atoms with van der Waals surface area (Å²) in [6.45, 7) is 4.67. The summed E-state index contributed by atoms with van der Waals surface area (Å²) < 4.78 is 13.1. The molecule has 1 N–H and O–H groups in total. The number of carbonyl (C=O) groups is 1. The van der Waals surface area contributed by atoms with E-state index in [-0.39, 0.29) is 17.4 Å². The molecule has 1 aliphatic heterocycles. The average molecular weight is 945 g/mol. The number of rotatable bonds is 8. The summed E-state index contributed by atoms with van der Waals surface area (Å²) in [5.41, 5.74) is 18.9. The molecule has 73 heavy (non-hydrogen) atoms. The molecule has 3 heterocycles. The van der Waals surface area contributed by atoms with Gasteiger partial charge >= 0.3 is 6.03 Å². The number of amides is 2. The van der Waals surface area contributed by atoms with Crippen LogP contribution in [-0.2, 0) is 11.8 Å². The lowest BCUT2D eigenvalue weighted by atomic mass is 9.80. The standard InChI is InChI=1S/C67H48N2O4/c1-67(2)57-22-9-6-18-52(57)63-46(16-12-23-58(63)67)39-54(44-28-26-43(27-29-44)49-20-13-21-51-50-17-8-11-25-60(50)73-64(49)51)45-32-36-61-55(38-45)56-40-48(35-37-62(56)72-61)69-65(70)53-19-7-10-24-59(53)68(66(69)71)47-33-30-42(31-34-47)41-14-4-3-5-15-41/h3-38,40,54,65,70H,39H2,1-2H3. The molecule has 6 nitrogen and oxygen atoms in total. The maximum absolute atomic E-state index is 14.9. The molecular weight excluding hydrogens is 897 g/mol. The SMILES string of the molecule is CC1(C)c2ccccc2-c2c(CC(c3ccc(-c4cccc5c4oc4ccccc45)cc3)c3ccc4oc5ccc(N6C(=O)N(c7ccc(-c8ccccc8)cc7)c7ccccc7C6O)cc5c4c3)cccc21. The Kier molecular flexibility index (Phi) is 9.72. The topological polar surface area (TPSA) is 70.1 Å². The van der Waals surface area contributed by atoms with Crippen LogP contribution in [0.5, 0.6) is 0 Å². The normalized spacial score (nSPS) is 15.3. The number of fused-ring (bicyclic) bond motifs is 10. The Morgan fingerprint density at radius 1 is 0.507 bits per heavy atom. The smallest absolute Gasteiger partial charge is 0.336 e. The summed E-state index contributed by atoms with van der Waals surface area (Å²) in [6, 6.07) is 77.1. The number of hydrogen-bond donors (Lipinski definition) is 1. The lowest BCUT2D eigenvalue weighted by molar-refractivity contribution is 0.168. The number of para-hydroxylation sites is 3. The van der Waals surface area contributed by atoms with E-state index < -0.39 is 6.23 Å². The quantitative estimate of drug-likeness (QED) is 0.165. The van der Waals surface area contributed by atoms with Gasteiger partial charge in [-0.1, -0.05) is 184 Å². The highest BCUT2D eigenvalue weighted by atomic mass is 16.3. The second-order valence-corrected chi connectivity index (χ2v) is 20.0. The van der Waals surface area contributed by atoms with E-state index in [4.69, 9.17) is 8.83 Å². The molecule has 2 atom stereocenters. The highest BCUT2D eigenvalue weighted by Crippen LogP contribution is 2.51. The third-order valence-electron chi connectivity index (χ3n) is 15.6. The summed E-state index contributed by atoms with van der Waals surface area (Å²) >= 11 is 0. The van der Waals surface area contributed by atoms with E-state index in [0.717, 1.165) is 72.5 Å². The third-order valence-corrected chi connectivity index (χ3v) is 15.6. The number of benzene rings is 10. The molecule has 2 aromatic heterocycles. The van der Waals surface area contributed by atoms with Gasteiger partial charge in [-0.15, -0.1) is 0 Å². The van der Waals surface area contributed by atoms with Gasteiger partial charge < -0.3 is 13.9 Å². The lowest BCUT2D eigenvalue weighted by Crippen LogP contribution is -2.47. The van der Waals surface area contributed by atoms with Gasteiger partial charge in [0.1, 0.15) is 22.3 Å². The van der Waals surface area contributed by atoms with E-state index >= 15 is 0 Å². The van der Waals surface area contributed by atoms with E-state index in [1.54, 1.807) is 4.90 Å². The van der Waals surface area contributed by atoms with Crippen molar-refractivity contribution in [3.05, 3.63) is 258 Å². The number of urea groups is 1. The van der Waals surface area contributed by atoms with Crippen LogP contribution in [0.1, 0.15) is 59.4 Å². The van der Waals surface area contributed by atoms with Crippen LogP contribution in [0.15, 0.2) is 233 Å². The van der Waals surface area contributed by atoms with Crippen molar-refractivity contribution in [3.63, 3.8) is 0 Å². The van der Waals surface area contributed by atoms with Gasteiger partial charge in [0.05, 0.1) is 11.4 Å². The van der Waals surface area contributed by atoms with Crippen LogP contribution in [0.4, 0.5) is 21.9 Å².